The van der Waals surface area contributed by atoms with Gasteiger partial charge in [-0.3, -0.25) is 19.1 Å². The second-order valence-electron chi connectivity index (χ2n) is 7.48. The first-order valence-corrected chi connectivity index (χ1v) is 11.0. The van der Waals surface area contributed by atoms with Gasteiger partial charge in [-0.2, -0.15) is 0 Å². The highest BCUT2D eigenvalue weighted by molar-refractivity contribution is 7.18. The number of H-pyrrole nitrogens is 1. The van der Waals surface area contributed by atoms with Crippen LogP contribution in [0.5, 0.6) is 0 Å². The lowest BCUT2D eigenvalue weighted by Crippen LogP contribution is -2.50. The maximum absolute atomic E-state index is 12.8. The van der Waals surface area contributed by atoms with E-state index < -0.39 is 11.7 Å². The molecule has 3 aromatic rings. The number of aromatic amines is 1. The summed E-state index contributed by atoms with van der Waals surface area (Å²) in [4.78, 5) is 60.6. The minimum absolute atomic E-state index is 0.0742. The van der Waals surface area contributed by atoms with Gasteiger partial charge in [0.25, 0.3) is 5.56 Å². The Morgan fingerprint density at radius 2 is 2.03 bits per heavy atom. The van der Waals surface area contributed by atoms with Crippen molar-refractivity contribution in [1.29, 1.82) is 0 Å². The molecule has 10 nitrogen and oxygen atoms in total. The zero-order valence-corrected chi connectivity index (χ0v) is 18.8. The van der Waals surface area contributed by atoms with Gasteiger partial charge in [0.2, 0.25) is 5.91 Å². The molecule has 1 saturated heterocycles. The van der Waals surface area contributed by atoms with Crippen LogP contribution in [-0.2, 0) is 22.6 Å². The minimum atomic E-state index is -0.522. The number of piperazine rings is 1. The molecule has 0 bridgehead atoms. The molecule has 0 aliphatic carbocycles. The molecule has 0 radical (unpaired) electrons. The number of methoxy groups -OCH3 is 1. The van der Waals surface area contributed by atoms with Gasteiger partial charge in [-0.25, -0.2) is 14.6 Å². The van der Waals surface area contributed by atoms with Crippen LogP contribution in [0.15, 0.2) is 27.8 Å². The topological polar surface area (TPSA) is 118 Å². The number of hydrogen-bond acceptors (Lipinski definition) is 8. The van der Waals surface area contributed by atoms with Crippen molar-refractivity contribution in [2.24, 2.45) is 0 Å². The third-order valence-corrected chi connectivity index (χ3v) is 6.56. The monoisotopic (exact) mass is 457 g/mol. The third-order valence-electron chi connectivity index (χ3n) is 5.45. The van der Waals surface area contributed by atoms with Crippen molar-refractivity contribution in [3.05, 3.63) is 55.3 Å². The molecule has 168 valence electrons. The lowest BCUT2D eigenvalue weighted by molar-refractivity contribution is -0.121. The van der Waals surface area contributed by atoms with Crippen LogP contribution in [0, 0.1) is 6.92 Å². The minimum Gasteiger partial charge on any atom is -0.464 e. The fourth-order valence-corrected chi connectivity index (χ4v) is 4.95. The molecule has 0 spiro atoms. The molecule has 11 heteroatoms. The molecule has 0 aromatic carbocycles. The Bertz CT molecular complexity index is 1320. The summed E-state index contributed by atoms with van der Waals surface area (Å²) in [7, 11) is 1.30. The number of rotatable bonds is 5. The summed E-state index contributed by atoms with van der Waals surface area (Å²) in [6.45, 7) is 5.64. The summed E-state index contributed by atoms with van der Waals surface area (Å²) in [6, 6.07) is 5.07. The highest BCUT2D eigenvalue weighted by Crippen LogP contribution is 2.25. The van der Waals surface area contributed by atoms with E-state index in [1.54, 1.807) is 36.9 Å². The van der Waals surface area contributed by atoms with Crippen LogP contribution in [0.1, 0.15) is 28.0 Å². The summed E-state index contributed by atoms with van der Waals surface area (Å²) >= 11 is 1.34. The van der Waals surface area contributed by atoms with E-state index in [2.05, 4.69) is 14.7 Å². The van der Waals surface area contributed by atoms with Gasteiger partial charge in [0.15, 0.2) is 0 Å². The highest BCUT2D eigenvalue weighted by atomic mass is 32.1. The van der Waals surface area contributed by atoms with Crippen LogP contribution in [0.3, 0.4) is 0 Å². The number of anilines is 1. The summed E-state index contributed by atoms with van der Waals surface area (Å²) in [5, 5.41) is 0. The average Bonchev–Trinajstić information content (AvgIpc) is 3.16. The number of nitrogens with one attached hydrogen (secondary N) is 1. The molecule has 1 aliphatic heterocycles. The molecular weight excluding hydrogens is 434 g/mol. The van der Waals surface area contributed by atoms with E-state index in [9.17, 15) is 19.2 Å². The zero-order valence-electron chi connectivity index (χ0n) is 18.0. The maximum atomic E-state index is 12.8. The number of amides is 1. The Morgan fingerprint density at radius 3 is 2.69 bits per heavy atom. The van der Waals surface area contributed by atoms with Crippen LogP contribution in [0.2, 0.25) is 0 Å². The predicted octanol–water partition coefficient (Wildman–Crippen LogP) is 1.11. The molecular formula is C21H23N5O5S. The van der Waals surface area contributed by atoms with Gasteiger partial charge in [0.1, 0.15) is 10.4 Å². The molecule has 3 aromatic heterocycles. The Morgan fingerprint density at radius 1 is 1.25 bits per heavy atom. The fourth-order valence-electron chi connectivity index (χ4n) is 3.85. The maximum Gasteiger partial charge on any atom is 0.356 e. The first kappa shape index (κ1) is 21.9. The number of carbonyl (C=O) groups excluding carboxylic acids is 2. The molecule has 1 N–H and O–H groups in total. The van der Waals surface area contributed by atoms with E-state index in [-0.39, 0.29) is 23.7 Å². The number of nitrogens with zero attached hydrogens (tertiary/aromatic N) is 4. The fraction of sp³-hybridized carbons (Fsp3) is 0.381. The second kappa shape index (κ2) is 8.67. The molecule has 0 saturated carbocycles. The molecule has 1 fully saturated rings. The Labute approximate surface area is 187 Å². The number of hydrogen-bond donors (Lipinski definition) is 1. The number of esters is 1. The number of aromatic nitrogens is 3. The van der Waals surface area contributed by atoms with E-state index in [1.165, 1.54) is 23.0 Å². The third kappa shape index (κ3) is 3.96. The first-order valence-electron chi connectivity index (χ1n) is 10.2. The largest absolute Gasteiger partial charge is 0.464 e. The number of fused-ring (bicyclic) bond motifs is 1. The van der Waals surface area contributed by atoms with Gasteiger partial charge >= 0.3 is 11.7 Å². The molecule has 1 aliphatic rings. The van der Waals surface area contributed by atoms with Gasteiger partial charge in [-0.1, -0.05) is 0 Å². The van der Waals surface area contributed by atoms with E-state index in [0.717, 1.165) is 4.88 Å². The van der Waals surface area contributed by atoms with Gasteiger partial charge in [0, 0.05) is 31.1 Å². The van der Waals surface area contributed by atoms with Crippen LogP contribution in [0.25, 0.3) is 10.2 Å². The smallest absolute Gasteiger partial charge is 0.356 e. The molecule has 0 unspecified atom stereocenters. The molecule has 32 heavy (non-hydrogen) atoms. The van der Waals surface area contributed by atoms with E-state index in [0.29, 0.717) is 47.8 Å². The lowest BCUT2D eigenvalue weighted by atomic mass is 10.2. The summed E-state index contributed by atoms with van der Waals surface area (Å²) in [5.41, 5.74) is 1.27. The molecule has 4 rings (SSSR count). The van der Waals surface area contributed by atoms with Gasteiger partial charge in [-0.15, -0.1) is 11.3 Å². The lowest BCUT2D eigenvalue weighted by Gasteiger charge is -2.34. The van der Waals surface area contributed by atoms with Crippen molar-refractivity contribution in [2.75, 3.05) is 31.6 Å². The van der Waals surface area contributed by atoms with E-state index in [4.69, 9.17) is 0 Å². The van der Waals surface area contributed by atoms with Crippen molar-refractivity contribution in [2.45, 2.75) is 26.9 Å². The van der Waals surface area contributed by atoms with Crippen molar-refractivity contribution in [3.8, 4) is 0 Å². The molecule has 0 atom stereocenters. The molecule has 4 heterocycles. The summed E-state index contributed by atoms with van der Waals surface area (Å²) in [6.07, 6.45) is 0. The van der Waals surface area contributed by atoms with Gasteiger partial charge in [0.05, 0.1) is 30.6 Å². The van der Waals surface area contributed by atoms with Gasteiger partial charge in [-0.05, 0) is 32.0 Å². The number of carbonyl (C=O) groups is 2. The van der Waals surface area contributed by atoms with Crippen LogP contribution >= 0.6 is 11.3 Å². The Hall–Kier alpha value is -3.31. The number of thiophene rings is 1. The van der Waals surface area contributed by atoms with Crippen molar-refractivity contribution >= 4 is 39.1 Å². The number of ether oxygens (including phenoxy) is 1. The zero-order chi connectivity index (χ0) is 23.0. The van der Waals surface area contributed by atoms with Crippen LogP contribution in [-0.4, -0.2) is 58.1 Å². The molecule has 1 amide bonds. The first-order chi connectivity index (χ1) is 15.3. The van der Waals surface area contributed by atoms with Crippen molar-refractivity contribution in [1.82, 2.24) is 19.4 Å². The number of aryl methyl sites for hydroxylation is 1. The number of pyridine rings is 1. The second-order valence-corrected chi connectivity index (χ2v) is 8.62. The normalized spacial score (nSPS) is 14.8. The standard InChI is InChI=1S/C21H23N5O5S/c1-4-25-19(28)18-15(23-21(25)30)9-13(32-18)10-24-7-8-26(17(27)11-24)16-6-5-14(20(29)31-3)22-12(16)2/h5-6,9H,4,7-8,10-11H2,1-3H3,(H,23,30). The van der Waals surface area contributed by atoms with E-state index in [1.807, 2.05) is 4.90 Å². The highest BCUT2D eigenvalue weighted by Gasteiger charge is 2.27. The predicted molar refractivity (Wildman–Crippen MR) is 120 cm³/mol. The van der Waals surface area contributed by atoms with Crippen LogP contribution in [0.4, 0.5) is 5.69 Å². The van der Waals surface area contributed by atoms with Gasteiger partial charge < -0.3 is 14.6 Å². The van der Waals surface area contributed by atoms with Crippen molar-refractivity contribution in [3.63, 3.8) is 0 Å². The quantitative estimate of drug-likeness (QED) is 0.570. The summed E-state index contributed by atoms with van der Waals surface area (Å²) < 4.78 is 6.37. The average molecular weight is 458 g/mol. The van der Waals surface area contributed by atoms with Crippen molar-refractivity contribution < 1.29 is 14.3 Å². The Balaban J connectivity index is 1.49. The SMILES string of the molecule is CCn1c(=O)[nH]c2cc(CN3CCN(c4ccc(C(=O)OC)nc4C)C(=O)C3)sc2c1=O. The van der Waals surface area contributed by atoms with E-state index >= 15 is 0 Å². The summed E-state index contributed by atoms with van der Waals surface area (Å²) in [5.74, 6) is -0.596. The van der Waals surface area contributed by atoms with Crippen LogP contribution < -0.4 is 16.1 Å². The Kier molecular flexibility index (Phi) is 5.94.